The van der Waals surface area contributed by atoms with Crippen molar-refractivity contribution in [2.24, 2.45) is 0 Å². The van der Waals surface area contributed by atoms with Gasteiger partial charge in [0.2, 0.25) is 0 Å². The zero-order chi connectivity index (χ0) is 13.7. The van der Waals surface area contributed by atoms with Gasteiger partial charge in [-0.15, -0.1) is 0 Å². The summed E-state index contributed by atoms with van der Waals surface area (Å²) in [6.45, 7) is 1.80. The number of halogens is 1. The summed E-state index contributed by atoms with van der Waals surface area (Å²) in [5.74, 6) is -0.392. The van der Waals surface area contributed by atoms with Gasteiger partial charge >= 0.3 is 0 Å². The highest BCUT2D eigenvalue weighted by Crippen LogP contribution is 2.15. The predicted octanol–water partition coefficient (Wildman–Crippen LogP) is 2.78. The number of carbonyl (C=O) groups is 1. The third kappa shape index (κ3) is 3.73. The first kappa shape index (κ1) is 13.4. The van der Waals surface area contributed by atoms with Gasteiger partial charge in [-0.3, -0.25) is 4.79 Å². The fourth-order valence-electron chi connectivity index (χ4n) is 1.92. The van der Waals surface area contributed by atoms with E-state index in [1.54, 1.807) is 30.5 Å². The first-order valence-corrected chi connectivity index (χ1v) is 6.50. The molecule has 5 heteroatoms. The van der Waals surface area contributed by atoms with E-state index < -0.39 is 5.91 Å². The SMILES string of the molecule is N#C/C(=C/N1CCCC1)C(=O)Nc1ccc(Cl)cc1. The highest BCUT2D eigenvalue weighted by Gasteiger charge is 2.14. The van der Waals surface area contributed by atoms with Crippen LogP contribution in [0.2, 0.25) is 5.02 Å². The van der Waals surface area contributed by atoms with Crippen LogP contribution in [0.5, 0.6) is 0 Å². The van der Waals surface area contributed by atoms with E-state index in [1.807, 2.05) is 11.0 Å². The zero-order valence-corrected chi connectivity index (χ0v) is 11.2. The molecule has 0 aromatic heterocycles. The van der Waals surface area contributed by atoms with Crippen molar-refractivity contribution in [3.8, 4) is 6.07 Å². The predicted molar refractivity (Wildman–Crippen MR) is 74.6 cm³/mol. The number of amides is 1. The summed E-state index contributed by atoms with van der Waals surface area (Å²) in [6, 6.07) is 8.72. The zero-order valence-electron chi connectivity index (χ0n) is 10.4. The molecule has 1 heterocycles. The number of nitrogens with zero attached hydrogens (tertiary/aromatic N) is 2. The van der Waals surface area contributed by atoms with E-state index in [4.69, 9.17) is 16.9 Å². The molecule has 0 aliphatic carbocycles. The number of anilines is 1. The Hall–Kier alpha value is -1.99. The van der Waals surface area contributed by atoms with Crippen molar-refractivity contribution in [2.45, 2.75) is 12.8 Å². The fourth-order valence-corrected chi connectivity index (χ4v) is 2.05. The molecule has 0 spiro atoms. The first-order chi connectivity index (χ1) is 9.19. The van der Waals surface area contributed by atoms with E-state index in [-0.39, 0.29) is 5.57 Å². The Morgan fingerprint density at radius 3 is 2.53 bits per heavy atom. The highest BCUT2D eigenvalue weighted by molar-refractivity contribution is 6.30. The molecule has 1 fully saturated rings. The van der Waals surface area contributed by atoms with Gasteiger partial charge in [0.25, 0.3) is 5.91 Å². The molecule has 0 saturated carbocycles. The molecular formula is C14H14ClN3O. The van der Waals surface area contributed by atoms with Crippen LogP contribution in [0.15, 0.2) is 36.0 Å². The number of nitrogens with one attached hydrogen (secondary N) is 1. The Balaban J connectivity index is 2.04. The molecule has 1 aliphatic heterocycles. The Labute approximate surface area is 117 Å². The van der Waals surface area contributed by atoms with E-state index >= 15 is 0 Å². The molecule has 2 rings (SSSR count). The average molecular weight is 276 g/mol. The molecule has 1 N–H and O–H groups in total. The number of benzene rings is 1. The maximum Gasteiger partial charge on any atom is 0.267 e. The number of carbonyl (C=O) groups excluding carboxylic acids is 1. The molecule has 0 unspecified atom stereocenters. The van der Waals surface area contributed by atoms with Crippen LogP contribution < -0.4 is 5.32 Å². The first-order valence-electron chi connectivity index (χ1n) is 6.12. The highest BCUT2D eigenvalue weighted by atomic mass is 35.5. The fraction of sp³-hybridized carbons (Fsp3) is 0.286. The second-order valence-corrected chi connectivity index (χ2v) is 4.80. The van der Waals surface area contributed by atoms with Crippen molar-refractivity contribution in [1.29, 1.82) is 5.26 Å². The lowest BCUT2D eigenvalue weighted by Crippen LogP contribution is -2.18. The maximum absolute atomic E-state index is 12.0. The summed E-state index contributed by atoms with van der Waals surface area (Å²) in [6.07, 6.45) is 3.85. The number of hydrogen-bond donors (Lipinski definition) is 1. The third-order valence-corrected chi connectivity index (χ3v) is 3.17. The molecule has 0 bridgehead atoms. The van der Waals surface area contributed by atoms with Crippen molar-refractivity contribution >= 4 is 23.2 Å². The van der Waals surface area contributed by atoms with Gasteiger partial charge in [0.05, 0.1) is 0 Å². The van der Waals surface area contributed by atoms with Crippen LogP contribution in [0.1, 0.15) is 12.8 Å². The molecule has 1 saturated heterocycles. The van der Waals surface area contributed by atoms with Crippen LogP contribution in [0.3, 0.4) is 0 Å². The topological polar surface area (TPSA) is 56.1 Å². The second-order valence-electron chi connectivity index (χ2n) is 4.36. The lowest BCUT2D eigenvalue weighted by molar-refractivity contribution is -0.112. The van der Waals surface area contributed by atoms with Crippen LogP contribution in [0.25, 0.3) is 0 Å². The van der Waals surface area contributed by atoms with Crippen LogP contribution >= 0.6 is 11.6 Å². The largest absolute Gasteiger partial charge is 0.376 e. The minimum atomic E-state index is -0.392. The molecule has 4 nitrogen and oxygen atoms in total. The van der Waals surface area contributed by atoms with Crippen LogP contribution in [-0.4, -0.2) is 23.9 Å². The lowest BCUT2D eigenvalue weighted by atomic mass is 10.2. The average Bonchev–Trinajstić information content (AvgIpc) is 2.91. The number of nitriles is 1. The summed E-state index contributed by atoms with van der Waals surface area (Å²) in [5.41, 5.74) is 0.744. The Morgan fingerprint density at radius 1 is 1.32 bits per heavy atom. The van der Waals surface area contributed by atoms with Gasteiger partial charge in [0.15, 0.2) is 0 Å². The van der Waals surface area contributed by atoms with Gasteiger partial charge in [-0.25, -0.2) is 0 Å². The molecule has 0 atom stereocenters. The molecule has 1 amide bonds. The molecular weight excluding hydrogens is 262 g/mol. The van der Waals surface area contributed by atoms with E-state index in [2.05, 4.69) is 5.32 Å². The van der Waals surface area contributed by atoms with Crippen molar-refractivity contribution in [2.75, 3.05) is 18.4 Å². The standard InChI is InChI=1S/C14H14ClN3O/c15-12-3-5-13(6-4-12)17-14(19)11(9-16)10-18-7-1-2-8-18/h3-6,10H,1-2,7-8H2,(H,17,19)/b11-10-. The number of likely N-dealkylation sites (tertiary alicyclic amines) is 1. The van der Waals surface area contributed by atoms with E-state index in [0.717, 1.165) is 25.9 Å². The van der Waals surface area contributed by atoms with Crippen molar-refractivity contribution in [3.63, 3.8) is 0 Å². The van der Waals surface area contributed by atoms with Gasteiger partial charge in [-0.2, -0.15) is 5.26 Å². The van der Waals surface area contributed by atoms with Gasteiger partial charge in [-0.05, 0) is 37.1 Å². The summed E-state index contributed by atoms with van der Waals surface area (Å²) in [4.78, 5) is 14.0. The Kier molecular flexibility index (Phi) is 4.43. The second kappa shape index (κ2) is 6.26. The monoisotopic (exact) mass is 275 g/mol. The Morgan fingerprint density at radius 2 is 1.95 bits per heavy atom. The quantitative estimate of drug-likeness (QED) is 0.682. The summed E-state index contributed by atoms with van der Waals surface area (Å²) in [7, 11) is 0. The van der Waals surface area contributed by atoms with E-state index in [9.17, 15) is 4.79 Å². The molecule has 0 radical (unpaired) electrons. The molecule has 1 aromatic rings. The van der Waals surface area contributed by atoms with Crippen molar-refractivity contribution < 1.29 is 4.79 Å². The minimum Gasteiger partial charge on any atom is -0.376 e. The Bertz CT molecular complexity index is 525. The minimum absolute atomic E-state index is 0.122. The van der Waals surface area contributed by atoms with Crippen LogP contribution in [0.4, 0.5) is 5.69 Å². The number of rotatable bonds is 3. The van der Waals surface area contributed by atoms with E-state index in [0.29, 0.717) is 10.7 Å². The smallest absolute Gasteiger partial charge is 0.267 e. The number of hydrogen-bond acceptors (Lipinski definition) is 3. The molecule has 1 aliphatic rings. The van der Waals surface area contributed by atoms with Crippen LogP contribution in [0, 0.1) is 11.3 Å². The van der Waals surface area contributed by atoms with Gasteiger partial charge in [0.1, 0.15) is 11.6 Å². The van der Waals surface area contributed by atoms with Crippen molar-refractivity contribution in [3.05, 3.63) is 41.1 Å². The summed E-state index contributed by atoms with van der Waals surface area (Å²) in [5, 5.41) is 12.3. The summed E-state index contributed by atoms with van der Waals surface area (Å²) >= 11 is 5.77. The van der Waals surface area contributed by atoms with Gasteiger partial charge < -0.3 is 10.2 Å². The lowest BCUT2D eigenvalue weighted by Gasteiger charge is -2.12. The molecule has 98 valence electrons. The van der Waals surface area contributed by atoms with Crippen molar-refractivity contribution in [1.82, 2.24) is 4.90 Å². The summed E-state index contributed by atoms with van der Waals surface area (Å²) < 4.78 is 0. The normalized spacial score (nSPS) is 15.2. The van der Waals surface area contributed by atoms with Gasteiger partial charge in [-0.1, -0.05) is 11.6 Å². The molecule has 1 aromatic carbocycles. The molecule has 19 heavy (non-hydrogen) atoms. The van der Waals surface area contributed by atoms with Crippen LogP contribution in [-0.2, 0) is 4.79 Å². The maximum atomic E-state index is 12.0. The van der Waals surface area contributed by atoms with E-state index in [1.165, 1.54) is 0 Å². The van der Waals surface area contributed by atoms with Gasteiger partial charge in [0, 0.05) is 30.0 Å². The third-order valence-electron chi connectivity index (χ3n) is 2.92.